The summed E-state index contributed by atoms with van der Waals surface area (Å²) in [6.07, 6.45) is 1.57. The largest absolute Gasteiger partial charge is 0.356 e. The standard InChI is InChI=1S/C12H17Cl5NO4P/c1-11(2)6(5-7(13)14)8(11)9(19)18-10(12(15,16)17)23(20,21-3)22-4/h5-6,8,10H,1-4H3,(H,18,19)/t6-,8+,10-/m0/s1. The van der Waals surface area contributed by atoms with Crippen LogP contribution < -0.4 is 5.32 Å². The summed E-state index contributed by atoms with van der Waals surface area (Å²) in [6, 6.07) is 0. The van der Waals surface area contributed by atoms with Gasteiger partial charge in [-0.05, 0) is 17.4 Å². The minimum atomic E-state index is -3.86. The lowest BCUT2D eigenvalue weighted by atomic mass is 10.1. The highest BCUT2D eigenvalue weighted by molar-refractivity contribution is 7.55. The zero-order chi connectivity index (χ0) is 18.2. The first-order chi connectivity index (χ1) is 10.3. The molecule has 1 rings (SSSR count). The van der Waals surface area contributed by atoms with Gasteiger partial charge in [0.2, 0.25) is 9.70 Å². The molecule has 1 N–H and O–H groups in total. The summed E-state index contributed by atoms with van der Waals surface area (Å²) in [5.74, 6) is -2.58. The van der Waals surface area contributed by atoms with Crippen LogP contribution in [-0.4, -0.2) is 29.7 Å². The van der Waals surface area contributed by atoms with Gasteiger partial charge in [-0.25, -0.2) is 0 Å². The fraction of sp³-hybridized carbons (Fsp3) is 0.750. The van der Waals surface area contributed by atoms with Crippen molar-refractivity contribution in [2.75, 3.05) is 14.2 Å². The van der Waals surface area contributed by atoms with E-state index in [1.165, 1.54) is 0 Å². The Bertz CT molecular complexity index is 536. The molecule has 0 saturated heterocycles. The van der Waals surface area contributed by atoms with E-state index in [2.05, 4.69) is 5.32 Å². The van der Waals surface area contributed by atoms with Gasteiger partial charge >= 0.3 is 7.60 Å². The Balaban J connectivity index is 3.01. The number of carbonyl (C=O) groups excluding carboxylic acids is 1. The molecule has 0 spiro atoms. The molecule has 0 heterocycles. The third-order valence-corrected chi connectivity index (χ3v) is 7.44. The first-order valence-electron chi connectivity index (χ1n) is 6.42. The molecular weight excluding hydrogens is 430 g/mol. The third kappa shape index (κ3) is 4.92. The van der Waals surface area contributed by atoms with Crippen LogP contribution in [0.25, 0.3) is 0 Å². The maximum absolute atomic E-state index is 12.5. The van der Waals surface area contributed by atoms with Crippen LogP contribution in [0.5, 0.6) is 0 Å². The van der Waals surface area contributed by atoms with Crippen LogP contribution in [0.1, 0.15) is 13.8 Å². The second-order valence-electron chi connectivity index (χ2n) is 5.64. The fourth-order valence-electron chi connectivity index (χ4n) is 2.48. The van der Waals surface area contributed by atoms with E-state index in [1.54, 1.807) is 6.08 Å². The van der Waals surface area contributed by atoms with Gasteiger partial charge in [-0.15, -0.1) is 0 Å². The number of carbonyl (C=O) groups is 1. The van der Waals surface area contributed by atoms with Crippen LogP contribution in [0.2, 0.25) is 0 Å². The second-order valence-corrected chi connectivity index (χ2v) is 11.3. The molecule has 0 aromatic heterocycles. The smallest absolute Gasteiger partial charge is 0.338 e. The van der Waals surface area contributed by atoms with Gasteiger partial charge in [-0.2, -0.15) is 0 Å². The molecule has 0 unspecified atom stereocenters. The molecular formula is C12H17Cl5NO4P. The van der Waals surface area contributed by atoms with Crippen molar-refractivity contribution in [3.05, 3.63) is 10.6 Å². The van der Waals surface area contributed by atoms with Gasteiger partial charge in [-0.1, -0.05) is 71.9 Å². The Morgan fingerprint density at radius 2 is 1.74 bits per heavy atom. The lowest BCUT2D eigenvalue weighted by molar-refractivity contribution is -0.123. The van der Waals surface area contributed by atoms with Crippen LogP contribution in [0.15, 0.2) is 10.6 Å². The Labute approximate surface area is 160 Å². The minimum absolute atomic E-state index is 0.0655. The summed E-state index contributed by atoms with van der Waals surface area (Å²) in [4.78, 5) is 12.5. The Hall–Kier alpha value is 0.810. The number of nitrogens with one attached hydrogen (secondary N) is 1. The monoisotopic (exact) mass is 445 g/mol. The van der Waals surface area contributed by atoms with Crippen molar-refractivity contribution >= 4 is 71.5 Å². The summed E-state index contributed by atoms with van der Waals surface area (Å²) in [5.41, 5.74) is -0.388. The van der Waals surface area contributed by atoms with Crippen LogP contribution in [-0.2, 0) is 18.4 Å². The van der Waals surface area contributed by atoms with E-state index < -0.39 is 29.0 Å². The summed E-state index contributed by atoms with van der Waals surface area (Å²) in [7, 11) is -1.59. The molecule has 1 amide bonds. The number of halogens is 5. The average Bonchev–Trinajstić information content (AvgIpc) is 2.94. The second kappa shape index (κ2) is 7.59. The quantitative estimate of drug-likeness (QED) is 0.466. The molecule has 1 aliphatic carbocycles. The van der Waals surface area contributed by atoms with Gasteiger partial charge < -0.3 is 14.4 Å². The van der Waals surface area contributed by atoms with Crippen molar-refractivity contribution in [2.45, 2.75) is 23.4 Å². The number of hydrogen-bond donors (Lipinski definition) is 1. The summed E-state index contributed by atoms with van der Waals surface area (Å²) in [6.45, 7) is 3.73. The molecule has 0 radical (unpaired) electrons. The van der Waals surface area contributed by atoms with Crippen molar-refractivity contribution < 1.29 is 18.4 Å². The highest BCUT2D eigenvalue weighted by Crippen LogP contribution is 2.61. The summed E-state index contributed by atoms with van der Waals surface area (Å²) in [5, 5.41) is 2.46. The number of alkyl halides is 3. The Morgan fingerprint density at radius 1 is 1.26 bits per heavy atom. The van der Waals surface area contributed by atoms with Gasteiger partial charge in [0.15, 0.2) is 5.78 Å². The molecule has 5 nitrogen and oxygen atoms in total. The van der Waals surface area contributed by atoms with Crippen LogP contribution in [0.4, 0.5) is 0 Å². The van der Waals surface area contributed by atoms with E-state index in [9.17, 15) is 9.36 Å². The fourth-order valence-corrected chi connectivity index (χ4v) is 5.20. The van der Waals surface area contributed by atoms with Gasteiger partial charge in [0.05, 0.1) is 5.92 Å². The maximum atomic E-state index is 12.5. The van der Waals surface area contributed by atoms with Crippen LogP contribution in [0, 0.1) is 17.3 Å². The van der Waals surface area contributed by atoms with Crippen molar-refractivity contribution in [2.24, 2.45) is 17.3 Å². The SMILES string of the molecule is COP(=O)(OC)[C@H](NC(=O)[C@H]1[C@H](C=C(Cl)Cl)C1(C)C)C(Cl)(Cl)Cl. The number of rotatable bonds is 6. The van der Waals surface area contributed by atoms with E-state index in [4.69, 9.17) is 67.1 Å². The number of amides is 1. The molecule has 0 aromatic carbocycles. The van der Waals surface area contributed by atoms with Crippen LogP contribution in [0.3, 0.4) is 0 Å². The first kappa shape index (κ1) is 21.9. The maximum Gasteiger partial charge on any atom is 0.356 e. The lowest BCUT2D eigenvalue weighted by Gasteiger charge is -2.30. The number of hydrogen-bond acceptors (Lipinski definition) is 4. The zero-order valence-electron chi connectivity index (χ0n) is 12.8. The molecule has 23 heavy (non-hydrogen) atoms. The molecule has 0 bridgehead atoms. The molecule has 3 atom stereocenters. The lowest BCUT2D eigenvalue weighted by Crippen LogP contribution is -2.45. The third-order valence-electron chi connectivity index (χ3n) is 3.91. The van der Waals surface area contributed by atoms with E-state index >= 15 is 0 Å². The van der Waals surface area contributed by atoms with Gasteiger partial charge in [0.1, 0.15) is 4.49 Å². The Kier molecular flexibility index (Phi) is 7.21. The van der Waals surface area contributed by atoms with Gasteiger partial charge in [-0.3, -0.25) is 9.36 Å². The van der Waals surface area contributed by atoms with E-state index in [1.807, 2.05) is 13.8 Å². The van der Waals surface area contributed by atoms with Gasteiger partial charge in [0.25, 0.3) is 0 Å². The number of allylic oxidation sites excluding steroid dienone is 1. The van der Waals surface area contributed by atoms with Crippen molar-refractivity contribution in [3.8, 4) is 0 Å². The highest BCUT2D eigenvalue weighted by atomic mass is 35.6. The average molecular weight is 448 g/mol. The van der Waals surface area contributed by atoms with E-state index in [0.717, 1.165) is 14.2 Å². The predicted molar refractivity (Wildman–Crippen MR) is 94.4 cm³/mol. The Morgan fingerprint density at radius 3 is 2.09 bits per heavy atom. The summed E-state index contributed by atoms with van der Waals surface area (Å²) >= 11 is 28.8. The molecule has 11 heteroatoms. The van der Waals surface area contributed by atoms with E-state index in [-0.39, 0.29) is 15.8 Å². The molecule has 134 valence electrons. The van der Waals surface area contributed by atoms with Crippen molar-refractivity contribution in [3.63, 3.8) is 0 Å². The van der Waals surface area contributed by atoms with E-state index in [0.29, 0.717) is 0 Å². The summed E-state index contributed by atoms with van der Waals surface area (Å²) < 4.78 is 20.2. The molecule has 0 aliphatic heterocycles. The topological polar surface area (TPSA) is 64.6 Å². The highest BCUT2D eigenvalue weighted by Gasteiger charge is 2.62. The van der Waals surface area contributed by atoms with Crippen molar-refractivity contribution in [1.29, 1.82) is 0 Å². The minimum Gasteiger partial charge on any atom is -0.338 e. The predicted octanol–water partition coefficient (Wildman–Crippen LogP) is 4.88. The molecule has 1 fully saturated rings. The normalized spacial score (nSPS) is 24.7. The first-order valence-corrected chi connectivity index (χ1v) is 9.92. The van der Waals surface area contributed by atoms with Gasteiger partial charge in [0, 0.05) is 14.2 Å². The molecule has 1 saturated carbocycles. The van der Waals surface area contributed by atoms with Crippen LogP contribution >= 0.6 is 65.6 Å². The zero-order valence-corrected chi connectivity index (χ0v) is 17.5. The molecule has 0 aromatic rings. The molecule has 1 aliphatic rings. The van der Waals surface area contributed by atoms with Crippen molar-refractivity contribution in [1.82, 2.24) is 5.32 Å².